The summed E-state index contributed by atoms with van der Waals surface area (Å²) in [6.07, 6.45) is 5.89. The number of aromatic hydroxyl groups is 1. The van der Waals surface area contributed by atoms with Crippen molar-refractivity contribution in [1.82, 2.24) is 0 Å². The maximum Gasteiger partial charge on any atom is 0.127 e. The molecule has 3 nitrogen and oxygen atoms in total. The van der Waals surface area contributed by atoms with Crippen molar-refractivity contribution in [3.63, 3.8) is 0 Å². The molecule has 102 valence electrons. The van der Waals surface area contributed by atoms with E-state index < -0.39 is 0 Å². The minimum Gasteiger partial charge on any atom is -0.507 e. The molecule has 0 heterocycles. The average Bonchev–Trinajstić information content (AvgIpc) is 3.00. The molecule has 4 atom stereocenters. The van der Waals surface area contributed by atoms with E-state index in [1.54, 1.807) is 7.11 Å². The van der Waals surface area contributed by atoms with E-state index in [9.17, 15) is 5.11 Å². The molecule has 2 bridgehead atoms. The van der Waals surface area contributed by atoms with Crippen molar-refractivity contribution in [3.05, 3.63) is 29.3 Å². The first kappa shape index (κ1) is 12.7. The number of aryl methyl sites for hydroxylation is 1. The van der Waals surface area contributed by atoms with Crippen LogP contribution in [0.2, 0.25) is 0 Å². The Morgan fingerprint density at radius 3 is 2.89 bits per heavy atom. The van der Waals surface area contributed by atoms with E-state index in [0.717, 1.165) is 11.1 Å². The molecule has 1 aromatic rings. The van der Waals surface area contributed by atoms with Crippen LogP contribution in [-0.4, -0.2) is 30.6 Å². The molecule has 0 saturated heterocycles. The number of fused-ring (bicyclic) bond motifs is 2. The number of para-hydroxylation sites is 1. The highest BCUT2D eigenvalue weighted by Gasteiger charge is 2.47. The van der Waals surface area contributed by atoms with Crippen molar-refractivity contribution < 1.29 is 9.84 Å². The Hall–Kier alpha value is -1.35. The van der Waals surface area contributed by atoms with Gasteiger partial charge in [0.05, 0.1) is 12.1 Å². The van der Waals surface area contributed by atoms with Gasteiger partial charge in [0.2, 0.25) is 0 Å². The highest BCUT2D eigenvalue weighted by molar-refractivity contribution is 5.84. The molecule has 0 aromatic heterocycles. The van der Waals surface area contributed by atoms with E-state index in [1.165, 1.54) is 19.3 Å². The Labute approximate surface area is 114 Å². The largest absolute Gasteiger partial charge is 0.507 e. The van der Waals surface area contributed by atoms with E-state index in [2.05, 4.69) is 0 Å². The van der Waals surface area contributed by atoms with E-state index in [4.69, 9.17) is 9.73 Å². The third-order valence-corrected chi connectivity index (χ3v) is 4.72. The van der Waals surface area contributed by atoms with Gasteiger partial charge in [-0.25, -0.2) is 0 Å². The fourth-order valence-corrected chi connectivity index (χ4v) is 3.70. The minimum atomic E-state index is 0.266. The Morgan fingerprint density at radius 1 is 1.32 bits per heavy atom. The van der Waals surface area contributed by atoms with Crippen molar-refractivity contribution in [2.24, 2.45) is 16.8 Å². The monoisotopic (exact) mass is 259 g/mol. The van der Waals surface area contributed by atoms with Crippen molar-refractivity contribution in [2.75, 3.05) is 7.11 Å². The molecule has 1 aromatic carbocycles. The van der Waals surface area contributed by atoms with Gasteiger partial charge in [0.25, 0.3) is 0 Å². The number of ether oxygens (including phenoxy) is 1. The van der Waals surface area contributed by atoms with Gasteiger partial charge in [-0.3, -0.25) is 4.99 Å². The fourth-order valence-electron chi connectivity index (χ4n) is 3.70. The summed E-state index contributed by atoms with van der Waals surface area (Å²) in [7, 11) is 1.79. The van der Waals surface area contributed by atoms with Gasteiger partial charge in [0.15, 0.2) is 0 Å². The summed E-state index contributed by atoms with van der Waals surface area (Å²) >= 11 is 0. The molecule has 2 aliphatic rings. The van der Waals surface area contributed by atoms with Crippen LogP contribution in [0.15, 0.2) is 23.2 Å². The van der Waals surface area contributed by atoms with Crippen LogP contribution in [0.3, 0.4) is 0 Å². The molecule has 2 aliphatic carbocycles. The summed E-state index contributed by atoms with van der Waals surface area (Å²) < 4.78 is 5.62. The van der Waals surface area contributed by atoms with E-state index in [-0.39, 0.29) is 12.1 Å². The Balaban J connectivity index is 1.81. The first-order valence-electron chi connectivity index (χ1n) is 7.05. The van der Waals surface area contributed by atoms with Crippen molar-refractivity contribution in [2.45, 2.75) is 38.3 Å². The summed E-state index contributed by atoms with van der Waals surface area (Å²) in [5, 5.41) is 10.0. The number of benzene rings is 1. The molecule has 4 unspecified atom stereocenters. The zero-order chi connectivity index (χ0) is 13.4. The second kappa shape index (κ2) is 4.97. The topological polar surface area (TPSA) is 41.8 Å². The molecule has 2 fully saturated rings. The smallest absolute Gasteiger partial charge is 0.127 e. The number of methoxy groups -OCH3 is 1. The number of phenolic OH excluding ortho intramolecular Hbond substituents is 1. The van der Waals surface area contributed by atoms with Crippen LogP contribution in [0.4, 0.5) is 0 Å². The number of hydrogen-bond acceptors (Lipinski definition) is 3. The fraction of sp³-hybridized carbons (Fsp3) is 0.562. The highest BCUT2D eigenvalue weighted by Crippen LogP contribution is 2.47. The summed E-state index contributed by atoms with van der Waals surface area (Å²) in [6.45, 7) is 1.90. The highest BCUT2D eigenvalue weighted by atomic mass is 16.5. The Kier molecular flexibility index (Phi) is 3.31. The van der Waals surface area contributed by atoms with Crippen molar-refractivity contribution in [3.8, 4) is 5.75 Å². The first-order chi connectivity index (χ1) is 9.20. The predicted molar refractivity (Wildman–Crippen MR) is 75.9 cm³/mol. The lowest BCUT2D eigenvalue weighted by Gasteiger charge is -2.26. The third-order valence-electron chi connectivity index (χ3n) is 4.72. The summed E-state index contributed by atoms with van der Waals surface area (Å²) in [5.41, 5.74) is 1.69. The summed E-state index contributed by atoms with van der Waals surface area (Å²) in [4.78, 5) is 4.72. The molecular weight excluding hydrogens is 238 g/mol. The van der Waals surface area contributed by atoms with Crippen molar-refractivity contribution >= 4 is 6.21 Å². The van der Waals surface area contributed by atoms with Crippen LogP contribution in [0.1, 0.15) is 30.4 Å². The minimum absolute atomic E-state index is 0.266. The van der Waals surface area contributed by atoms with Gasteiger partial charge in [0, 0.05) is 18.9 Å². The second-order valence-corrected chi connectivity index (χ2v) is 5.82. The maximum absolute atomic E-state index is 10.0. The zero-order valence-electron chi connectivity index (χ0n) is 11.5. The molecule has 19 heavy (non-hydrogen) atoms. The van der Waals surface area contributed by atoms with Gasteiger partial charge in [-0.15, -0.1) is 0 Å². The molecule has 1 N–H and O–H groups in total. The Morgan fingerprint density at radius 2 is 2.11 bits per heavy atom. The van der Waals surface area contributed by atoms with Crippen molar-refractivity contribution in [1.29, 1.82) is 0 Å². The average molecular weight is 259 g/mol. The molecule has 3 rings (SSSR count). The Bertz CT molecular complexity index is 498. The van der Waals surface area contributed by atoms with Crippen LogP contribution in [0.25, 0.3) is 0 Å². The lowest BCUT2D eigenvalue weighted by atomic mass is 9.93. The van der Waals surface area contributed by atoms with Gasteiger partial charge in [-0.2, -0.15) is 0 Å². The zero-order valence-corrected chi connectivity index (χ0v) is 11.5. The molecule has 0 aliphatic heterocycles. The maximum atomic E-state index is 10.0. The van der Waals surface area contributed by atoms with Crippen LogP contribution in [-0.2, 0) is 4.74 Å². The SMILES string of the molecule is COC1C2CCC(C2)C1N=Cc1cccc(C)c1O. The molecule has 0 spiro atoms. The number of phenols is 1. The standard InChI is InChI=1S/C16H21NO2/c1-10-4-3-5-13(15(10)18)9-17-14-11-6-7-12(8-11)16(14)19-2/h3-5,9,11-12,14,16,18H,6-8H2,1-2H3. The van der Waals surface area contributed by atoms with Crippen LogP contribution >= 0.6 is 0 Å². The predicted octanol–water partition coefficient (Wildman–Crippen LogP) is 2.93. The van der Waals surface area contributed by atoms with E-state index in [0.29, 0.717) is 17.6 Å². The van der Waals surface area contributed by atoms with Gasteiger partial charge in [-0.05, 0) is 49.7 Å². The summed E-state index contributed by atoms with van der Waals surface area (Å²) in [5.74, 6) is 1.68. The van der Waals surface area contributed by atoms with Gasteiger partial charge < -0.3 is 9.84 Å². The summed E-state index contributed by atoms with van der Waals surface area (Å²) in [6, 6.07) is 6.03. The van der Waals surface area contributed by atoms with Gasteiger partial charge in [-0.1, -0.05) is 12.1 Å². The van der Waals surface area contributed by atoms with Crippen LogP contribution in [0.5, 0.6) is 5.75 Å². The van der Waals surface area contributed by atoms with Crippen LogP contribution < -0.4 is 0 Å². The molecule has 3 heteroatoms. The van der Waals surface area contributed by atoms with Gasteiger partial charge in [0.1, 0.15) is 5.75 Å². The van der Waals surface area contributed by atoms with Crippen LogP contribution in [0, 0.1) is 18.8 Å². The van der Waals surface area contributed by atoms with Gasteiger partial charge >= 0.3 is 0 Å². The number of rotatable bonds is 3. The number of aliphatic imine (C=N–C) groups is 1. The van der Waals surface area contributed by atoms with E-state index >= 15 is 0 Å². The molecule has 0 radical (unpaired) electrons. The molecule has 2 saturated carbocycles. The molecular formula is C16H21NO2. The third kappa shape index (κ3) is 2.16. The second-order valence-electron chi connectivity index (χ2n) is 5.82. The lowest BCUT2D eigenvalue weighted by molar-refractivity contribution is 0.0435. The molecule has 0 amide bonds. The number of nitrogens with zero attached hydrogens (tertiary/aromatic N) is 1. The first-order valence-corrected chi connectivity index (χ1v) is 7.05. The normalized spacial score (nSPS) is 33.4. The van der Waals surface area contributed by atoms with E-state index in [1.807, 2.05) is 31.3 Å². The quantitative estimate of drug-likeness (QED) is 0.848. The number of hydrogen-bond donors (Lipinski definition) is 1. The lowest BCUT2D eigenvalue weighted by Crippen LogP contribution is -2.32.